The average molecular weight is 395 g/mol. The van der Waals surface area contributed by atoms with Gasteiger partial charge in [0.25, 0.3) is 17.5 Å². The quantitative estimate of drug-likeness (QED) is 0.446. The first-order chi connectivity index (χ1) is 14.0. The molecule has 3 aromatic rings. The maximum absolute atomic E-state index is 12.4. The van der Waals surface area contributed by atoms with E-state index in [4.69, 9.17) is 9.15 Å². The van der Waals surface area contributed by atoms with Gasteiger partial charge in [-0.1, -0.05) is 12.1 Å². The van der Waals surface area contributed by atoms with Gasteiger partial charge in [-0.15, -0.1) is 0 Å². The van der Waals surface area contributed by atoms with E-state index in [9.17, 15) is 19.7 Å². The number of nitro benzene ring substituents is 1. The molecular formula is C20H17N3O6. The third-order valence-corrected chi connectivity index (χ3v) is 3.87. The first-order valence-electron chi connectivity index (χ1n) is 8.59. The highest BCUT2D eigenvalue weighted by Gasteiger charge is 2.14. The lowest BCUT2D eigenvalue weighted by atomic mass is 10.1. The molecule has 2 amide bonds. The molecule has 1 aromatic heterocycles. The highest BCUT2D eigenvalue weighted by molar-refractivity contribution is 6.03. The number of furan rings is 1. The van der Waals surface area contributed by atoms with E-state index in [2.05, 4.69) is 10.6 Å². The zero-order valence-corrected chi connectivity index (χ0v) is 15.2. The van der Waals surface area contributed by atoms with E-state index in [0.717, 1.165) is 0 Å². The Kier molecular flexibility index (Phi) is 6.21. The van der Waals surface area contributed by atoms with Crippen LogP contribution in [0.4, 0.5) is 11.4 Å². The number of ether oxygens (including phenoxy) is 1. The van der Waals surface area contributed by atoms with Gasteiger partial charge >= 0.3 is 0 Å². The van der Waals surface area contributed by atoms with Gasteiger partial charge in [0.1, 0.15) is 11.5 Å². The predicted octanol–water partition coefficient (Wildman–Crippen LogP) is 3.14. The number of amides is 2. The van der Waals surface area contributed by atoms with Crippen LogP contribution in [0.2, 0.25) is 0 Å². The van der Waals surface area contributed by atoms with Crippen LogP contribution in [-0.2, 0) is 11.3 Å². The van der Waals surface area contributed by atoms with Crippen molar-refractivity contribution >= 4 is 23.2 Å². The number of nitrogens with one attached hydrogen (secondary N) is 2. The Morgan fingerprint density at radius 1 is 1.03 bits per heavy atom. The SMILES string of the molecule is O=C(COc1ccc([N+](=O)[O-])cc1)Nc1ccccc1C(=O)NCc1ccco1. The zero-order chi connectivity index (χ0) is 20.6. The summed E-state index contributed by atoms with van der Waals surface area (Å²) in [5.41, 5.74) is 0.556. The number of carbonyl (C=O) groups excluding carboxylic acids is 2. The number of nitrogens with zero attached hydrogens (tertiary/aromatic N) is 1. The van der Waals surface area contributed by atoms with Crippen molar-refractivity contribution in [1.29, 1.82) is 0 Å². The van der Waals surface area contributed by atoms with Gasteiger partial charge < -0.3 is 19.8 Å². The molecule has 0 aliphatic rings. The maximum atomic E-state index is 12.4. The van der Waals surface area contributed by atoms with Crippen molar-refractivity contribution in [2.45, 2.75) is 6.54 Å². The van der Waals surface area contributed by atoms with Gasteiger partial charge in [-0.05, 0) is 36.4 Å². The molecule has 1 heterocycles. The summed E-state index contributed by atoms with van der Waals surface area (Å²) >= 11 is 0. The Hall–Kier alpha value is -4.14. The molecular weight excluding hydrogens is 378 g/mol. The molecule has 9 heteroatoms. The van der Waals surface area contributed by atoms with Gasteiger partial charge in [0.05, 0.1) is 29.0 Å². The van der Waals surface area contributed by atoms with Gasteiger partial charge in [0.2, 0.25) is 0 Å². The lowest BCUT2D eigenvalue weighted by molar-refractivity contribution is -0.384. The van der Waals surface area contributed by atoms with Crippen LogP contribution in [0.3, 0.4) is 0 Å². The lowest BCUT2D eigenvalue weighted by Gasteiger charge is -2.11. The van der Waals surface area contributed by atoms with E-state index in [1.165, 1.54) is 30.5 Å². The summed E-state index contributed by atoms with van der Waals surface area (Å²) in [6, 6.07) is 15.4. The second-order valence-corrected chi connectivity index (χ2v) is 5.90. The molecule has 3 rings (SSSR count). The molecule has 0 saturated carbocycles. The van der Waals surface area contributed by atoms with Crippen LogP contribution < -0.4 is 15.4 Å². The van der Waals surface area contributed by atoms with Crippen LogP contribution in [-0.4, -0.2) is 23.3 Å². The van der Waals surface area contributed by atoms with Crippen molar-refractivity contribution in [3.8, 4) is 5.75 Å². The molecule has 0 fully saturated rings. The van der Waals surface area contributed by atoms with Crippen molar-refractivity contribution in [2.24, 2.45) is 0 Å². The van der Waals surface area contributed by atoms with Gasteiger partial charge in [-0.2, -0.15) is 0 Å². The maximum Gasteiger partial charge on any atom is 0.269 e. The summed E-state index contributed by atoms with van der Waals surface area (Å²) in [6.45, 7) is -0.0997. The highest BCUT2D eigenvalue weighted by atomic mass is 16.6. The molecule has 2 aromatic carbocycles. The second kappa shape index (κ2) is 9.18. The van der Waals surface area contributed by atoms with Gasteiger partial charge in [0, 0.05) is 12.1 Å². The fourth-order valence-corrected chi connectivity index (χ4v) is 2.47. The van der Waals surface area contributed by atoms with Crippen molar-refractivity contribution in [3.05, 3.63) is 88.4 Å². The predicted molar refractivity (Wildman–Crippen MR) is 104 cm³/mol. The Morgan fingerprint density at radius 3 is 2.48 bits per heavy atom. The van der Waals surface area contributed by atoms with Crippen LogP contribution in [0, 0.1) is 10.1 Å². The standard InChI is InChI=1S/C20H17N3O6/c24-19(13-29-15-9-7-14(8-10-15)23(26)27)22-18-6-2-1-5-17(18)20(25)21-12-16-4-3-11-28-16/h1-11H,12-13H2,(H,21,25)(H,22,24). The number of carbonyl (C=O) groups is 2. The fraction of sp³-hybridized carbons (Fsp3) is 0.100. The summed E-state index contributed by atoms with van der Waals surface area (Å²) in [6.07, 6.45) is 1.51. The molecule has 2 N–H and O–H groups in total. The van der Waals surface area contributed by atoms with Gasteiger partial charge in [0.15, 0.2) is 6.61 Å². The third-order valence-electron chi connectivity index (χ3n) is 3.87. The minimum absolute atomic E-state index is 0.0729. The van der Waals surface area contributed by atoms with Crippen molar-refractivity contribution in [1.82, 2.24) is 5.32 Å². The number of anilines is 1. The normalized spacial score (nSPS) is 10.2. The van der Waals surface area contributed by atoms with Crippen LogP contribution in [0.5, 0.6) is 5.75 Å². The van der Waals surface area contributed by atoms with Crippen LogP contribution in [0.1, 0.15) is 16.1 Å². The molecule has 0 saturated heterocycles. The van der Waals surface area contributed by atoms with E-state index < -0.39 is 10.8 Å². The molecule has 0 aliphatic heterocycles. The van der Waals surface area contributed by atoms with Crippen molar-refractivity contribution in [3.63, 3.8) is 0 Å². The molecule has 29 heavy (non-hydrogen) atoms. The Labute approximate surface area is 165 Å². The molecule has 0 radical (unpaired) electrons. The number of para-hydroxylation sites is 1. The monoisotopic (exact) mass is 395 g/mol. The first-order valence-corrected chi connectivity index (χ1v) is 8.59. The molecule has 0 aliphatic carbocycles. The second-order valence-electron chi connectivity index (χ2n) is 5.90. The van der Waals surface area contributed by atoms with Gasteiger partial charge in [-0.3, -0.25) is 19.7 Å². The molecule has 0 spiro atoms. The van der Waals surface area contributed by atoms with Crippen molar-refractivity contribution in [2.75, 3.05) is 11.9 Å². The number of hydrogen-bond acceptors (Lipinski definition) is 6. The van der Waals surface area contributed by atoms with E-state index in [1.54, 1.807) is 36.4 Å². The van der Waals surface area contributed by atoms with Gasteiger partial charge in [-0.25, -0.2) is 0 Å². The summed E-state index contributed by atoms with van der Waals surface area (Å²) in [5, 5.41) is 16.0. The summed E-state index contributed by atoms with van der Waals surface area (Å²) in [5.74, 6) is 0.0785. The molecule has 148 valence electrons. The van der Waals surface area contributed by atoms with E-state index >= 15 is 0 Å². The van der Waals surface area contributed by atoms with E-state index in [-0.39, 0.29) is 24.7 Å². The van der Waals surface area contributed by atoms with E-state index in [0.29, 0.717) is 22.8 Å². The first kappa shape index (κ1) is 19.6. The summed E-state index contributed by atoms with van der Waals surface area (Å²) < 4.78 is 10.5. The molecule has 0 unspecified atom stereocenters. The number of non-ortho nitro benzene ring substituents is 1. The van der Waals surface area contributed by atoms with Crippen molar-refractivity contribution < 1.29 is 23.7 Å². The van der Waals surface area contributed by atoms with E-state index in [1.807, 2.05) is 0 Å². The number of hydrogen-bond donors (Lipinski definition) is 2. The third kappa shape index (κ3) is 5.42. The average Bonchev–Trinajstić information content (AvgIpc) is 3.25. The Balaban J connectivity index is 1.57. The number of rotatable bonds is 8. The van der Waals surface area contributed by atoms with Crippen LogP contribution in [0.25, 0.3) is 0 Å². The van der Waals surface area contributed by atoms with Crippen LogP contribution >= 0.6 is 0 Å². The number of benzene rings is 2. The smallest absolute Gasteiger partial charge is 0.269 e. The summed E-state index contributed by atoms with van der Waals surface area (Å²) in [7, 11) is 0. The minimum atomic E-state index is -0.523. The number of nitro groups is 1. The minimum Gasteiger partial charge on any atom is -0.484 e. The topological polar surface area (TPSA) is 124 Å². The Bertz CT molecular complexity index is 999. The summed E-state index contributed by atoms with van der Waals surface area (Å²) in [4.78, 5) is 34.7. The molecule has 9 nitrogen and oxygen atoms in total. The highest BCUT2D eigenvalue weighted by Crippen LogP contribution is 2.18. The molecule has 0 bridgehead atoms. The Morgan fingerprint density at radius 2 is 1.79 bits per heavy atom. The largest absolute Gasteiger partial charge is 0.484 e. The fourth-order valence-electron chi connectivity index (χ4n) is 2.47. The van der Waals surface area contributed by atoms with Crippen LogP contribution in [0.15, 0.2) is 71.3 Å². The molecule has 0 atom stereocenters. The zero-order valence-electron chi connectivity index (χ0n) is 15.2. The lowest BCUT2D eigenvalue weighted by Crippen LogP contribution is -2.26.